The second kappa shape index (κ2) is 5.87. The molecule has 16 heavy (non-hydrogen) atoms. The maximum Gasteiger partial charge on any atom is 0.321 e. The number of amides is 1. The smallest absolute Gasteiger partial charge is 0.290 e. The van der Waals surface area contributed by atoms with Crippen molar-refractivity contribution in [1.82, 2.24) is 4.90 Å². The summed E-state index contributed by atoms with van der Waals surface area (Å²) in [6.45, 7) is 1.91. The van der Waals surface area contributed by atoms with Crippen LogP contribution in [0.4, 0.5) is 10.5 Å². The first-order valence-electron chi connectivity index (χ1n) is 4.81. The molecule has 0 fully saturated rings. The van der Waals surface area contributed by atoms with Gasteiger partial charge in [-0.15, -0.1) is 0 Å². The lowest BCUT2D eigenvalue weighted by atomic mass is 10.3. The number of rotatable bonds is 2. The molecule has 3 nitrogen and oxygen atoms in total. The first-order valence-corrected chi connectivity index (χ1v) is 5.56. The topological polar surface area (TPSA) is 32.7 Å². The fourth-order valence-corrected chi connectivity index (χ4v) is 1.38. The van der Waals surface area contributed by atoms with Crippen molar-refractivity contribution in [3.8, 4) is 0 Å². The first-order chi connectivity index (χ1) is 7.54. The second-order valence-electron chi connectivity index (χ2n) is 3.17. The van der Waals surface area contributed by atoms with Gasteiger partial charge in [0.2, 0.25) is 0 Å². The number of benzene rings is 1. The summed E-state index contributed by atoms with van der Waals surface area (Å²) in [5.41, 5.74) is 0.742. The van der Waals surface area contributed by atoms with Crippen molar-refractivity contribution in [3.05, 3.63) is 29.3 Å². The van der Waals surface area contributed by atoms with E-state index in [0.717, 1.165) is 5.69 Å². The van der Waals surface area contributed by atoms with Gasteiger partial charge < -0.3 is 0 Å². The van der Waals surface area contributed by atoms with E-state index in [9.17, 15) is 4.79 Å². The van der Waals surface area contributed by atoms with E-state index in [4.69, 9.17) is 23.2 Å². The molecule has 0 aliphatic rings. The fourth-order valence-electron chi connectivity index (χ4n) is 1.16. The van der Waals surface area contributed by atoms with Crippen molar-refractivity contribution in [1.29, 1.82) is 0 Å². The van der Waals surface area contributed by atoms with Crippen LogP contribution < -0.4 is 0 Å². The quantitative estimate of drug-likeness (QED) is 0.341. The number of halogens is 2. The number of amidine groups is 1. The standard InChI is InChI=1S/C11H12Cl2N2O/c1-3-10(15(2)11(13)16)14-9-6-4-8(12)5-7-9/h4-7H,3H2,1-2H3. The maximum atomic E-state index is 11.0. The highest BCUT2D eigenvalue weighted by molar-refractivity contribution is 6.64. The summed E-state index contributed by atoms with van der Waals surface area (Å²) in [4.78, 5) is 16.6. The molecule has 0 heterocycles. The van der Waals surface area contributed by atoms with Gasteiger partial charge in [-0.2, -0.15) is 0 Å². The van der Waals surface area contributed by atoms with Gasteiger partial charge in [0.1, 0.15) is 5.84 Å². The van der Waals surface area contributed by atoms with Gasteiger partial charge in [0, 0.05) is 18.5 Å². The zero-order valence-corrected chi connectivity index (χ0v) is 10.6. The zero-order valence-electron chi connectivity index (χ0n) is 9.08. The second-order valence-corrected chi connectivity index (χ2v) is 3.93. The molecule has 86 valence electrons. The Kier molecular flexibility index (Phi) is 4.77. The highest BCUT2D eigenvalue weighted by Crippen LogP contribution is 2.17. The molecular weight excluding hydrogens is 247 g/mol. The number of aliphatic imine (C=N–C) groups is 1. The van der Waals surface area contributed by atoms with Gasteiger partial charge >= 0.3 is 5.37 Å². The molecule has 0 atom stereocenters. The molecule has 1 aromatic carbocycles. The normalized spacial score (nSPS) is 11.4. The van der Waals surface area contributed by atoms with Crippen LogP contribution in [0.3, 0.4) is 0 Å². The maximum absolute atomic E-state index is 11.0. The minimum absolute atomic E-state index is 0.547. The summed E-state index contributed by atoms with van der Waals surface area (Å²) in [6, 6.07) is 7.06. The average molecular weight is 259 g/mol. The Labute approximate surface area is 105 Å². The lowest BCUT2D eigenvalue weighted by molar-refractivity contribution is 0.247. The van der Waals surface area contributed by atoms with Crippen molar-refractivity contribution in [2.45, 2.75) is 13.3 Å². The van der Waals surface area contributed by atoms with Gasteiger partial charge in [-0.1, -0.05) is 18.5 Å². The Hall–Kier alpha value is -1.06. The van der Waals surface area contributed by atoms with Crippen LogP contribution in [0, 0.1) is 0 Å². The molecule has 1 rings (SSSR count). The van der Waals surface area contributed by atoms with Crippen LogP contribution in [0.5, 0.6) is 0 Å². The van der Waals surface area contributed by atoms with Gasteiger partial charge in [0.15, 0.2) is 0 Å². The number of hydrogen-bond donors (Lipinski definition) is 0. The molecule has 0 radical (unpaired) electrons. The van der Waals surface area contributed by atoms with Gasteiger partial charge in [0.05, 0.1) is 5.69 Å². The Morgan fingerprint density at radius 1 is 1.38 bits per heavy atom. The molecule has 0 aromatic heterocycles. The molecule has 0 spiro atoms. The van der Waals surface area contributed by atoms with Crippen LogP contribution in [0.15, 0.2) is 29.3 Å². The monoisotopic (exact) mass is 258 g/mol. The predicted octanol–water partition coefficient (Wildman–Crippen LogP) is 4.07. The predicted molar refractivity (Wildman–Crippen MR) is 67.9 cm³/mol. The Morgan fingerprint density at radius 3 is 2.38 bits per heavy atom. The van der Waals surface area contributed by atoms with Gasteiger partial charge in [-0.25, -0.2) is 4.99 Å². The van der Waals surface area contributed by atoms with Crippen molar-refractivity contribution in [2.24, 2.45) is 4.99 Å². The molecule has 0 aliphatic carbocycles. The molecule has 0 aliphatic heterocycles. The van der Waals surface area contributed by atoms with E-state index in [1.54, 1.807) is 31.3 Å². The molecule has 0 bridgehead atoms. The van der Waals surface area contributed by atoms with Crippen LogP contribution >= 0.6 is 23.2 Å². The van der Waals surface area contributed by atoms with Crippen molar-refractivity contribution >= 4 is 40.1 Å². The van der Waals surface area contributed by atoms with Crippen LogP contribution in [-0.2, 0) is 0 Å². The number of nitrogens with zero attached hydrogens (tertiary/aromatic N) is 2. The average Bonchev–Trinajstić information content (AvgIpc) is 2.27. The molecule has 0 N–H and O–H groups in total. The third-order valence-electron chi connectivity index (χ3n) is 2.05. The van der Waals surface area contributed by atoms with Crippen LogP contribution in [-0.4, -0.2) is 23.1 Å². The van der Waals surface area contributed by atoms with E-state index >= 15 is 0 Å². The number of carbonyl (C=O) groups is 1. The summed E-state index contributed by atoms with van der Waals surface area (Å²) >= 11 is 11.1. The van der Waals surface area contributed by atoms with E-state index in [-0.39, 0.29) is 0 Å². The molecule has 0 unspecified atom stereocenters. The Bertz CT molecular complexity index is 401. The minimum atomic E-state index is -0.547. The summed E-state index contributed by atoms with van der Waals surface area (Å²) in [5.74, 6) is 0.613. The number of hydrogen-bond acceptors (Lipinski definition) is 2. The van der Waals surface area contributed by atoms with E-state index in [2.05, 4.69) is 4.99 Å². The van der Waals surface area contributed by atoms with Gasteiger partial charge in [0.25, 0.3) is 0 Å². The largest absolute Gasteiger partial charge is 0.321 e. The molecule has 0 saturated heterocycles. The molecule has 1 amide bonds. The van der Waals surface area contributed by atoms with Crippen molar-refractivity contribution in [3.63, 3.8) is 0 Å². The highest BCUT2D eigenvalue weighted by Gasteiger charge is 2.10. The van der Waals surface area contributed by atoms with Gasteiger partial charge in [-0.3, -0.25) is 9.69 Å². The molecule has 1 aromatic rings. The highest BCUT2D eigenvalue weighted by atomic mass is 35.5. The minimum Gasteiger partial charge on any atom is -0.290 e. The molecule has 5 heteroatoms. The Balaban J connectivity index is 2.95. The fraction of sp³-hybridized carbons (Fsp3) is 0.273. The summed E-state index contributed by atoms with van der Waals surface area (Å²) in [5, 5.41) is 0.105. The van der Waals surface area contributed by atoms with Crippen LogP contribution in [0.25, 0.3) is 0 Å². The van der Waals surface area contributed by atoms with Crippen molar-refractivity contribution < 1.29 is 4.79 Å². The third kappa shape index (κ3) is 3.51. The van der Waals surface area contributed by atoms with E-state index in [1.807, 2.05) is 6.92 Å². The third-order valence-corrected chi connectivity index (χ3v) is 2.56. The van der Waals surface area contributed by atoms with Crippen LogP contribution in [0.1, 0.15) is 13.3 Å². The molecular formula is C11H12Cl2N2O. The van der Waals surface area contributed by atoms with E-state index in [0.29, 0.717) is 17.3 Å². The molecule has 0 saturated carbocycles. The summed E-state index contributed by atoms with van der Waals surface area (Å²) < 4.78 is 0. The zero-order chi connectivity index (χ0) is 12.1. The lowest BCUT2D eigenvalue weighted by Gasteiger charge is -2.14. The van der Waals surface area contributed by atoms with E-state index < -0.39 is 5.37 Å². The van der Waals surface area contributed by atoms with Crippen LogP contribution in [0.2, 0.25) is 5.02 Å². The van der Waals surface area contributed by atoms with E-state index in [1.165, 1.54) is 4.90 Å². The Morgan fingerprint density at radius 2 is 1.94 bits per heavy atom. The first kappa shape index (κ1) is 13.0. The van der Waals surface area contributed by atoms with Crippen molar-refractivity contribution in [2.75, 3.05) is 7.05 Å². The number of carbonyl (C=O) groups excluding carboxylic acids is 1. The SMILES string of the molecule is CCC(=Nc1ccc(Cl)cc1)N(C)C(=O)Cl. The van der Waals surface area contributed by atoms with Gasteiger partial charge in [-0.05, 0) is 35.9 Å². The summed E-state index contributed by atoms with van der Waals surface area (Å²) in [7, 11) is 1.59. The summed E-state index contributed by atoms with van der Waals surface area (Å²) in [6.07, 6.45) is 0.623. The lowest BCUT2D eigenvalue weighted by Crippen LogP contribution is -2.28.